The van der Waals surface area contributed by atoms with E-state index >= 15 is 0 Å². The molecule has 2 bridgehead atoms. The van der Waals surface area contributed by atoms with Gasteiger partial charge in [-0.15, -0.1) is 0 Å². The minimum Gasteiger partial charge on any atom is -0.381 e. The molecule has 3 aliphatic rings. The number of nitrogens with one attached hydrogen (secondary N) is 2. The highest BCUT2D eigenvalue weighted by atomic mass is 16.5. The highest BCUT2D eigenvalue weighted by Crippen LogP contribution is 2.29. The number of carbonyl (C=O) groups excluding carboxylic acids is 1. The molecule has 4 nitrogen and oxygen atoms in total. The summed E-state index contributed by atoms with van der Waals surface area (Å²) in [7, 11) is 0. The Bertz CT molecular complexity index is 277. The molecule has 0 spiro atoms. The molecule has 3 rings (SSSR count). The van der Waals surface area contributed by atoms with E-state index in [1.807, 2.05) is 0 Å². The molecule has 2 N–H and O–H groups in total. The predicted octanol–water partition coefficient (Wildman–Crippen LogP) is 0.670. The Hall–Kier alpha value is -0.610. The first-order valence-corrected chi connectivity index (χ1v) is 6.93. The largest absolute Gasteiger partial charge is 0.381 e. The van der Waals surface area contributed by atoms with Crippen LogP contribution >= 0.6 is 0 Å². The molecule has 4 heteroatoms. The van der Waals surface area contributed by atoms with Crippen molar-refractivity contribution in [2.24, 2.45) is 11.8 Å². The van der Waals surface area contributed by atoms with Crippen molar-refractivity contribution in [1.29, 1.82) is 0 Å². The van der Waals surface area contributed by atoms with Crippen molar-refractivity contribution in [1.82, 2.24) is 10.6 Å². The maximum atomic E-state index is 12.1. The highest BCUT2D eigenvalue weighted by Gasteiger charge is 2.35. The lowest BCUT2D eigenvalue weighted by Gasteiger charge is -2.30. The van der Waals surface area contributed by atoms with Gasteiger partial charge in [0, 0.05) is 31.2 Å². The molecule has 3 atom stereocenters. The van der Waals surface area contributed by atoms with E-state index in [9.17, 15) is 4.79 Å². The van der Waals surface area contributed by atoms with Gasteiger partial charge >= 0.3 is 0 Å². The zero-order valence-corrected chi connectivity index (χ0v) is 10.3. The molecule has 0 radical (unpaired) electrons. The van der Waals surface area contributed by atoms with Gasteiger partial charge in [-0.05, 0) is 44.6 Å². The highest BCUT2D eigenvalue weighted by molar-refractivity contribution is 5.79. The number of carbonyl (C=O) groups is 1. The number of fused-ring (bicyclic) bond motifs is 2. The predicted molar refractivity (Wildman–Crippen MR) is 64.6 cm³/mol. The molecule has 0 aromatic heterocycles. The molecule has 17 heavy (non-hydrogen) atoms. The zero-order valence-electron chi connectivity index (χ0n) is 10.3. The molecular formula is C13H22N2O2. The van der Waals surface area contributed by atoms with Crippen LogP contribution in [0.25, 0.3) is 0 Å². The second-order valence-corrected chi connectivity index (χ2v) is 5.77. The van der Waals surface area contributed by atoms with Crippen LogP contribution in [-0.2, 0) is 9.53 Å². The molecule has 2 aliphatic heterocycles. The van der Waals surface area contributed by atoms with Crippen LogP contribution < -0.4 is 10.6 Å². The quantitative estimate of drug-likeness (QED) is 0.743. The molecule has 3 fully saturated rings. The summed E-state index contributed by atoms with van der Waals surface area (Å²) >= 11 is 0. The van der Waals surface area contributed by atoms with E-state index in [0.29, 0.717) is 12.1 Å². The zero-order chi connectivity index (χ0) is 11.7. The van der Waals surface area contributed by atoms with E-state index < -0.39 is 0 Å². The molecule has 3 unspecified atom stereocenters. The van der Waals surface area contributed by atoms with Crippen molar-refractivity contribution in [2.75, 3.05) is 19.8 Å². The summed E-state index contributed by atoms with van der Waals surface area (Å²) in [6.07, 6.45) is 5.38. The number of rotatable bonds is 2. The van der Waals surface area contributed by atoms with Gasteiger partial charge in [-0.1, -0.05) is 0 Å². The number of ether oxygens (including phenoxy) is 1. The smallest absolute Gasteiger partial charge is 0.223 e. The SMILES string of the molecule is O=C(NC1CC2CNC(C2)C1)C1CCOCC1. The van der Waals surface area contributed by atoms with E-state index in [1.165, 1.54) is 12.8 Å². The fraction of sp³-hybridized carbons (Fsp3) is 0.923. The Kier molecular flexibility index (Phi) is 3.34. The van der Waals surface area contributed by atoms with Crippen LogP contribution in [0.15, 0.2) is 0 Å². The summed E-state index contributed by atoms with van der Waals surface area (Å²) in [5.74, 6) is 1.24. The maximum Gasteiger partial charge on any atom is 0.223 e. The summed E-state index contributed by atoms with van der Waals surface area (Å²) in [5, 5.41) is 6.78. The van der Waals surface area contributed by atoms with Gasteiger partial charge in [-0.25, -0.2) is 0 Å². The third-order valence-corrected chi connectivity index (χ3v) is 4.44. The van der Waals surface area contributed by atoms with Crippen LogP contribution in [0.4, 0.5) is 0 Å². The first-order valence-electron chi connectivity index (χ1n) is 6.93. The standard InChI is InChI=1S/C13H22N2O2/c16-13(10-1-3-17-4-2-10)15-12-6-9-5-11(7-12)14-8-9/h9-12,14H,1-8H2,(H,15,16). The summed E-state index contributed by atoms with van der Waals surface area (Å²) in [4.78, 5) is 12.1. The van der Waals surface area contributed by atoms with E-state index in [1.54, 1.807) is 0 Å². The van der Waals surface area contributed by atoms with Gasteiger partial charge in [-0.3, -0.25) is 4.79 Å². The monoisotopic (exact) mass is 238 g/mol. The Balaban J connectivity index is 1.50. The van der Waals surface area contributed by atoms with Crippen molar-refractivity contribution >= 4 is 5.91 Å². The van der Waals surface area contributed by atoms with Crippen molar-refractivity contribution in [3.8, 4) is 0 Å². The van der Waals surface area contributed by atoms with E-state index in [-0.39, 0.29) is 11.8 Å². The normalized spacial score (nSPS) is 38.0. The Morgan fingerprint density at radius 3 is 2.76 bits per heavy atom. The van der Waals surface area contributed by atoms with Crippen molar-refractivity contribution in [3.05, 3.63) is 0 Å². The first kappa shape index (κ1) is 11.5. The first-order chi connectivity index (χ1) is 8.31. The minimum absolute atomic E-state index is 0.191. The molecular weight excluding hydrogens is 216 g/mol. The summed E-state index contributed by atoms with van der Waals surface area (Å²) < 4.78 is 5.29. The van der Waals surface area contributed by atoms with Crippen LogP contribution in [0.5, 0.6) is 0 Å². The molecule has 1 aliphatic carbocycles. The van der Waals surface area contributed by atoms with Crippen LogP contribution in [0, 0.1) is 11.8 Å². The van der Waals surface area contributed by atoms with Crippen LogP contribution in [0.2, 0.25) is 0 Å². The topological polar surface area (TPSA) is 50.4 Å². The van der Waals surface area contributed by atoms with Crippen molar-refractivity contribution in [2.45, 2.75) is 44.2 Å². The lowest BCUT2D eigenvalue weighted by Crippen LogP contribution is -2.44. The Morgan fingerprint density at radius 2 is 2.00 bits per heavy atom. The fourth-order valence-corrected chi connectivity index (χ4v) is 3.50. The van der Waals surface area contributed by atoms with Crippen LogP contribution in [0.1, 0.15) is 32.1 Å². The van der Waals surface area contributed by atoms with E-state index in [4.69, 9.17) is 4.74 Å². The van der Waals surface area contributed by atoms with Crippen molar-refractivity contribution < 1.29 is 9.53 Å². The van der Waals surface area contributed by atoms with Crippen molar-refractivity contribution in [3.63, 3.8) is 0 Å². The van der Waals surface area contributed by atoms with Gasteiger partial charge in [-0.2, -0.15) is 0 Å². The molecule has 1 amide bonds. The summed E-state index contributed by atoms with van der Waals surface area (Å²) in [5.41, 5.74) is 0. The molecule has 2 heterocycles. The second kappa shape index (κ2) is 4.94. The third kappa shape index (κ3) is 2.63. The summed E-state index contributed by atoms with van der Waals surface area (Å²) in [6, 6.07) is 1.05. The van der Waals surface area contributed by atoms with Gasteiger partial charge in [0.05, 0.1) is 0 Å². The maximum absolute atomic E-state index is 12.1. The molecule has 2 saturated heterocycles. The number of amides is 1. The van der Waals surface area contributed by atoms with Gasteiger partial charge in [0.1, 0.15) is 0 Å². The molecule has 96 valence electrons. The van der Waals surface area contributed by atoms with Gasteiger partial charge in [0.2, 0.25) is 5.91 Å². The number of hydrogen-bond donors (Lipinski definition) is 2. The van der Waals surface area contributed by atoms with Crippen LogP contribution in [-0.4, -0.2) is 37.7 Å². The minimum atomic E-state index is 0.191. The lowest BCUT2D eigenvalue weighted by molar-refractivity contribution is -0.128. The van der Waals surface area contributed by atoms with Gasteiger partial charge in [0.15, 0.2) is 0 Å². The van der Waals surface area contributed by atoms with Crippen LogP contribution in [0.3, 0.4) is 0 Å². The average Bonchev–Trinajstić information content (AvgIpc) is 2.70. The Morgan fingerprint density at radius 1 is 1.18 bits per heavy atom. The molecule has 0 aromatic rings. The average molecular weight is 238 g/mol. The van der Waals surface area contributed by atoms with Gasteiger partial charge in [0.25, 0.3) is 0 Å². The molecule has 1 saturated carbocycles. The summed E-state index contributed by atoms with van der Waals surface area (Å²) in [6.45, 7) is 2.64. The lowest BCUT2D eigenvalue weighted by atomic mass is 9.86. The molecule has 0 aromatic carbocycles. The number of hydrogen-bond acceptors (Lipinski definition) is 3. The fourth-order valence-electron chi connectivity index (χ4n) is 3.50. The second-order valence-electron chi connectivity index (χ2n) is 5.77. The third-order valence-electron chi connectivity index (χ3n) is 4.44. The van der Waals surface area contributed by atoms with Gasteiger partial charge < -0.3 is 15.4 Å². The van der Waals surface area contributed by atoms with E-state index in [0.717, 1.165) is 44.9 Å². The Labute approximate surface area is 102 Å². The van der Waals surface area contributed by atoms with E-state index in [2.05, 4.69) is 10.6 Å².